The van der Waals surface area contributed by atoms with Crippen molar-refractivity contribution in [3.63, 3.8) is 0 Å². The first-order valence-electron chi connectivity index (χ1n) is 5.76. The Morgan fingerprint density at radius 2 is 2.28 bits per heavy atom. The fraction of sp³-hybridized carbons (Fsp3) is 0.231. The molecule has 0 saturated heterocycles. The van der Waals surface area contributed by atoms with Crippen molar-refractivity contribution in [2.45, 2.75) is 13.0 Å². The summed E-state index contributed by atoms with van der Waals surface area (Å²) in [6, 6.07) is 5.78. The second-order valence-electron chi connectivity index (χ2n) is 4.47. The fourth-order valence-electron chi connectivity index (χ4n) is 2.28. The zero-order valence-corrected chi connectivity index (χ0v) is 10.7. The van der Waals surface area contributed by atoms with Crippen molar-refractivity contribution in [1.29, 1.82) is 0 Å². The highest BCUT2D eigenvalue weighted by Gasteiger charge is 2.27. The Kier molecular flexibility index (Phi) is 2.59. The molecule has 1 aliphatic rings. The maximum absolute atomic E-state index is 12.2. The van der Waals surface area contributed by atoms with Crippen LogP contribution in [0.3, 0.4) is 0 Å². The largest absolute Gasteiger partial charge is 0.301 e. The molecule has 0 spiro atoms. The monoisotopic (exact) mass is 262 g/mol. The van der Waals surface area contributed by atoms with Crippen molar-refractivity contribution < 1.29 is 9.48 Å². The lowest BCUT2D eigenvalue weighted by Crippen LogP contribution is -2.36. The average molecular weight is 263 g/mol. The highest BCUT2D eigenvalue weighted by molar-refractivity contribution is 6.31. The Bertz CT molecular complexity index is 620. The predicted octanol–water partition coefficient (Wildman–Crippen LogP) is 1.58. The number of aromatic nitrogens is 2. The Balaban J connectivity index is 2.00. The van der Waals surface area contributed by atoms with Crippen LogP contribution in [0.1, 0.15) is 11.1 Å². The normalized spacial score (nSPS) is 14.8. The summed E-state index contributed by atoms with van der Waals surface area (Å²) in [4.78, 5) is 13.9. The highest BCUT2D eigenvalue weighted by Crippen LogP contribution is 2.28. The Hall–Kier alpha value is -1.81. The van der Waals surface area contributed by atoms with Gasteiger partial charge in [-0.3, -0.25) is 4.79 Å². The van der Waals surface area contributed by atoms with Crippen LogP contribution in [0.4, 0.5) is 5.69 Å². The van der Waals surface area contributed by atoms with E-state index < -0.39 is 0 Å². The molecule has 18 heavy (non-hydrogen) atoms. The molecule has 5 heteroatoms. The van der Waals surface area contributed by atoms with E-state index in [2.05, 4.69) is 5.10 Å². The number of amides is 1. The lowest BCUT2D eigenvalue weighted by molar-refractivity contribution is -0.726. The van der Waals surface area contributed by atoms with Gasteiger partial charge in [-0.15, -0.1) is 4.68 Å². The summed E-state index contributed by atoms with van der Waals surface area (Å²) in [5.74, 6) is 0.0789. The lowest BCUT2D eigenvalue weighted by Gasteiger charge is -2.27. The van der Waals surface area contributed by atoms with Crippen LogP contribution in [0.25, 0.3) is 0 Å². The summed E-state index contributed by atoms with van der Waals surface area (Å²) in [7, 11) is 1.89. The second-order valence-corrected chi connectivity index (χ2v) is 4.88. The smallest absolute Gasteiger partial charge is 0.232 e. The van der Waals surface area contributed by atoms with Crippen molar-refractivity contribution in [2.24, 2.45) is 7.05 Å². The minimum atomic E-state index is 0.0789. The number of carbonyl (C=O) groups excluding carboxylic acids is 1. The van der Waals surface area contributed by atoms with Gasteiger partial charge < -0.3 is 4.90 Å². The van der Waals surface area contributed by atoms with E-state index in [1.54, 1.807) is 4.90 Å². The summed E-state index contributed by atoms with van der Waals surface area (Å²) < 4.78 is 1.82. The van der Waals surface area contributed by atoms with Crippen LogP contribution in [-0.2, 0) is 24.8 Å². The van der Waals surface area contributed by atoms with Gasteiger partial charge in [0.1, 0.15) is 5.69 Å². The van der Waals surface area contributed by atoms with Crippen molar-refractivity contribution >= 4 is 23.2 Å². The fourth-order valence-corrected chi connectivity index (χ4v) is 2.54. The zero-order valence-electron chi connectivity index (χ0n) is 9.98. The molecule has 1 aliphatic heterocycles. The Labute approximate surface area is 110 Å². The third-order valence-electron chi connectivity index (χ3n) is 3.23. The molecule has 0 saturated carbocycles. The first-order chi connectivity index (χ1) is 8.65. The molecular formula is C13H13ClN3O+. The molecule has 0 bridgehead atoms. The van der Waals surface area contributed by atoms with E-state index in [-0.39, 0.29) is 5.91 Å². The van der Waals surface area contributed by atoms with Crippen LogP contribution in [0.2, 0.25) is 5.02 Å². The molecule has 2 aromatic rings. The zero-order chi connectivity index (χ0) is 12.7. The van der Waals surface area contributed by atoms with Crippen LogP contribution < -0.4 is 9.58 Å². The van der Waals surface area contributed by atoms with Crippen LogP contribution in [0, 0.1) is 0 Å². The van der Waals surface area contributed by atoms with Crippen molar-refractivity contribution in [2.75, 3.05) is 4.90 Å². The third-order valence-corrected chi connectivity index (χ3v) is 3.58. The molecule has 3 rings (SSSR count). The number of hydrogen-bond donors (Lipinski definition) is 1. The molecule has 92 valence electrons. The number of rotatable bonds is 1. The van der Waals surface area contributed by atoms with Gasteiger partial charge in [-0.25, -0.2) is 0 Å². The quantitative estimate of drug-likeness (QED) is 0.779. The number of aryl methyl sites for hydroxylation is 1. The van der Waals surface area contributed by atoms with Gasteiger partial charge in [0.2, 0.25) is 12.1 Å². The number of anilines is 1. The molecule has 0 radical (unpaired) electrons. The van der Waals surface area contributed by atoms with Crippen LogP contribution in [0.15, 0.2) is 30.6 Å². The number of nitrogens with zero attached hydrogens (tertiary/aromatic N) is 2. The number of aromatic amines is 1. The Morgan fingerprint density at radius 1 is 1.44 bits per heavy atom. The first kappa shape index (κ1) is 11.3. The lowest BCUT2D eigenvalue weighted by atomic mass is 9.99. The predicted molar refractivity (Wildman–Crippen MR) is 68.3 cm³/mol. The van der Waals surface area contributed by atoms with E-state index in [0.29, 0.717) is 18.0 Å². The number of benzene rings is 1. The minimum absolute atomic E-state index is 0.0789. The first-order valence-corrected chi connectivity index (χ1v) is 6.13. The second kappa shape index (κ2) is 4.14. The Morgan fingerprint density at radius 3 is 3.00 bits per heavy atom. The molecule has 1 aromatic heterocycles. The average Bonchev–Trinajstić information content (AvgIpc) is 2.76. The van der Waals surface area contributed by atoms with Gasteiger partial charge in [0.15, 0.2) is 7.05 Å². The highest BCUT2D eigenvalue weighted by atomic mass is 35.5. The topological polar surface area (TPSA) is 40.0 Å². The van der Waals surface area contributed by atoms with E-state index in [4.69, 9.17) is 11.6 Å². The molecule has 0 aliphatic carbocycles. The number of nitrogens with one attached hydrogen (secondary N) is 1. The van der Waals surface area contributed by atoms with E-state index in [1.165, 1.54) is 0 Å². The summed E-state index contributed by atoms with van der Waals surface area (Å²) >= 11 is 6.12. The maximum atomic E-state index is 12.2. The molecule has 2 heterocycles. The summed E-state index contributed by atoms with van der Waals surface area (Å²) in [6.07, 6.45) is 4.09. The maximum Gasteiger partial charge on any atom is 0.232 e. The van der Waals surface area contributed by atoms with Crippen molar-refractivity contribution in [3.8, 4) is 0 Å². The molecule has 0 unspecified atom stereocenters. The third kappa shape index (κ3) is 1.78. The van der Waals surface area contributed by atoms with Crippen LogP contribution >= 0.6 is 11.6 Å². The number of hydrogen-bond acceptors (Lipinski definition) is 1. The number of carbonyl (C=O) groups is 1. The van der Waals surface area contributed by atoms with E-state index in [9.17, 15) is 4.79 Å². The van der Waals surface area contributed by atoms with E-state index in [0.717, 1.165) is 16.8 Å². The summed E-state index contributed by atoms with van der Waals surface area (Å²) in [5.41, 5.74) is 2.96. The van der Waals surface area contributed by atoms with Gasteiger partial charge in [0.05, 0.1) is 19.2 Å². The molecule has 1 aromatic carbocycles. The number of halogens is 1. The van der Waals surface area contributed by atoms with E-state index in [1.807, 2.05) is 42.3 Å². The molecule has 4 nitrogen and oxygen atoms in total. The molecular weight excluding hydrogens is 250 g/mol. The summed E-state index contributed by atoms with van der Waals surface area (Å²) in [6.45, 7) is 0.576. The minimum Gasteiger partial charge on any atom is -0.301 e. The number of fused-ring (bicyclic) bond motifs is 1. The summed E-state index contributed by atoms with van der Waals surface area (Å²) in [5, 5.41) is 3.70. The van der Waals surface area contributed by atoms with Gasteiger partial charge in [-0.1, -0.05) is 23.7 Å². The van der Waals surface area contributed by atoms with Crippen molar-refractivity contribution in [1.82, 2.24) is 5.10 Å². The van der Waals surface area contributed by atoms with Gasteiger partial charge in [-0.05, 0) is 17.2 Å². The molecule has 0 fully saturated rings. The van der Waals surface area contributed by atoms with Gasteiger partial charge >= 0.3 is 0 Å². The van der Waals surface area contributed by atoms with Gasteiger partial charge in [0.25, 0.3) is 0 Å². The van der Waals surface area contributed by atoms with Crippen LogP contribution in [-0.4, -0.2) is 11.0 Å². The molecule has 1 amide bonds. The van der Waals surface area contributed by atoms with E-state index >= 15 is 0 Å². The number of H-pyrrole nitrogens is 1. The SMILES string of the molecule is C[n+]1cc(N2Cc3cccc(Cl)c3CC2=O)c[nH]1. The standard InChI is InChI=1S/C13H12ClN3O/c1-16-8-10(6-15-16)17-7-9-3-2-4-12(14)11(9)5-13(17)18/h2-4,6,8H,5,7H2,1H3/p+1. The van der Waals surface area contributed by atoms with Gasteiger partial charge in [-0.2, -0.15) is 5.10 Å². The van der Waals surface area contributed by atoms with Crippen LogP contribution in [0.5, 0.6) is 0 Å². The molecule has 0 atom stereocenters. The molecule has 1 N–H and O–H groups in total. The van der Waals surface area contributed by atoms with Gasteiger partial charge in [0, 0.05) is 5.02 Å². The van der Waals surface area contributed by atoms with Crippen molar-refractivity contribution in [3.05, 3.63) is 46.7 Å².